The molecule has 1 atom stereocenters. The van der Waals surface area contributed by atoms with Gasteiger partial charge in [0.15, 0.2) is 0 Å². The molecule has 0 amide bonds. The summed E-state index contributed by atoms with van der Waals surface area (Å²) in [5, 5.41) is 2.40. The first-order valence-corrected chi connectivity index (χ1v) is 10.0. The minimum Gasteiger partial charge on any atom is -0.493 e. The number of hydrogen-bond donors (Lipinski definition) is 0. The highest BCUT2D eigenvalue weighted by molar-refractivity contribution is 5.94. The van der Waals surface area contributed by atoms with E-state index < -0.39 is 5.89 Å². The molecule has 1 aliphatic carbocycles. The van der Waals surface area contributed by atoms with Crippen LogP contribution in [-0.4, -0.2) is 6.61 Å². The fourth-order valence-electron chi connectivity index (χ4n) is 5.32. The summed E-state index contributed by atoms with van der Waals surface area (Å²) in [5.74, 6) is 0.216. The minimum absolute atomic E-state index is 0.354. The van der Waals surface area contributed by atoms with E-state index in [1.165, 1.54) is 27.5 Å². The first-order valence-electron chi connectivity index (χ1n) is 10.5. The van der Waals surface area contributed by atoms with Crippen molar-refractivity contribution in [2.75, 3.05) is 6.61 Å². The van der Waals surface area contributed by atoms with E-state index in [2.05, 4.69) is 91.0 Å². The van der Waals surface area contributed by atoms with Crippen molar-refractivity contribution >= 4 is 10.8 Å². The van der Waals surface area contributed by atoms with Gasteiger partial charge in [0, 0.05) is 12.3 Å². The highest BCUT2D eigenvalue weighted by Gasteiger charge is 2.45. The largest absolute Gasteiger partial charge is 0.493 e. The maximum atomic E-state index is 9.65. The molecule has 4 aromatic carbocycles. The van der Waals surface area contributed by atoms with Gasteiger partial charge in [-0.1, -0.05) is 84.9 Å². The molecule has 0 bridgehead atoms. The highest BCUT2D eigenvalue weighted by atomic mass is 16.5. The summed E-state index contributed by atoms with van der Waals surface area (Å²) in [4.78, 5) is 0. The summed E-state index contributed by atoms with van der Waals surface area (Å²) in [6.45, 7) is 0.601. The monoisotopic (exact) mass is 363 g/mol. The lowest BCUT2D eigenvalue weighted by molar-refractivity contribution is 0.253. The summed E-state index contributed by atoms with van der Waals surface area (Å²) in [6, 6.07) is 32.3. The molecule has 0 saturated heterocycles. The highest BCUT2D eigenvalue weighted by Crippen LogP contribution is 2.56. The second kappa shape index (κ2) is 5.97. The Kier molecular flexibility index (Phi) is 3.18. The molecule has 1 aliphatic heterocycles. The average molecular weight is 363 g/mol. The van der Waals surface area contributed by atoms with Crippen LogP contribution >= 0.6 is 0 Å². The molecule has 1 heterocycles. The molecule has 6 rings (SSSR count). The van der Waals surface area contributed by atoms with Crippen LogP contribution < -0.4 is 4.74 Å². The predicted octanol–water partition coefficient (Wildman–Crippen LogP) is 6.44. The van der Waals surface area contributed by atoms with E-state index in [1.54, 1.807) is 0 Å². The van der Waals surface area contributed by atoms with E-state index in [9.17, 15) is 1.37 Å². The second-order valence-corrected chi connectivity index (χ2v) is 7.86. The van der Waals surface area contributed by atoms with Crippen molar-refractivity contribution in [2.24, 2.45) is 0 Å². The Morgan fingerprint density at radius 3 is 2.21 bits per heavy atom. The van der Waals surface area contributed by atoms with Gasteiger partial charge in [-0.05, 0) is 52.3 Å². The van der Waals surface area contributed by atoms with Gasteiger partial charge in [-0.2, -0.15) is 0 Å². The molecule has 0 radical (unpaired) electrons. The molecule has 136 valence electrons. The van der Waals surface area contributed by atoms with Crippen LogP contribution in [-0.2, 0) is 5.41 Å². The van der Waals surface area contributed by atoms with E-state index in [1.807, 2.05) is 0 Å². The number of benzene rings is 4. The van der Waals surface area contributed by atoms with Gasteiger partial charge in [-0.15, -0.1) is 0 Å². The van der Waals surface area contributed by atoms with Gasteiger partial charge in [-0.3, -0.25) is 0 Å². The molecule has 0 saturated carbocycles. The fourth-order valence-corrected chi connectivity index (χ4v) is 5.32. The summed E-state index contributed by atoms with van der Waals surface area (Å²) in [6.07, 6.45) is 1.44. The lowest BCUT2D eigenvalue weighted by Gasteiger charge is -2.45. The molecule has 0 fully saturated rings. The molecule has 0 spiro atoms. The van der Waals surface area contributed by atoms with Crippen LogP contribution in [0.25, 0.3) is 10.8 Å². The second-order valence-electron chi connectivity index (χ2n) is 7.86. The number of rotatable bonds is 2. The SMILES string of the molecule is [2H]C12CCOc3ccc4cccc(c4c31)C(c1ccccc1)(c1ccccc1)C2. The molecule has 4 aromatic rings. The summed E-state index contributed by atoms with van der Waals surface area (Å²) in [5.41, 5.74) is 4.53. The third-order valence-corrected chi connectivity index (χ3v) is 6.49. The van der Waals surface area contributed by atoms with E-state index in [0.29, 0.717) is 6.61 Å². The van der Waals surface area contributed by atoms with Crippen molar-refractivity contribution < 1.29 is 6.11 Å². The van der Waals surface area contributed by atoms with Gasteiger partial charge in [0.2, 0.25) is 0 Å². The Labute approximate surface area is 167 Å². The van der Waals surface area contributed by atoms with Crippen LogP contribution in [0.3, 0.4) is 0 Å². The van der Waals surface area contributed by atoms with Gasteiger partial charge in [0.25, 0.3) is 0 Å². The van der Waals surface area contributed by atoms with Crippen LogP contribution in [0.4, 0.5) is 0 Å². The van der Waals surface area contributed by atoms with Crippen molar-refractivity contribution in [3.8, 4) is 5.75 Å². The fraction of sp³-hybridized carbons (Fsp3) is 0.185. The molecule has 1 heteroatoms. The summed E-state index contributed by atoms with van der Waals surface area (Å²) >= 11 is 0. The first kappa shape index (κ1) is 14.9. The molecular weight excluding hydrogens is 340 g/mol. The normalized spacial score (nSPS) is 22.4. The Morgan fingerprint density at radius 1 is 0.786 bits per heavy atom. The predicted molar refractivity (Wildman–Crippen MR) is 114 cm³/mol. The summed E-state index contributed by atoms with van der Waals surface area (Å²) < 4.78 is 15.7. The van der Waals surface area contributed by atoms with Crippen molar-refractivity contribution in [3.05, 3.63) is 113 Å². The van der Waals surface area contributed by atoms with E-state index in [-0.39, 0.29) is 5.41 Å². The Morgan fingerprint density at radius 2 is 1.50 bits per heavy atom. The third-order valence-electron chi connectivity index (χ3n) is 6.49. The summed E-state index contributed by atoms with van der Waals surface area (Å²) in [7, 11) is 0. The van der Waals surface area contributed by atoms with E-state index >= 15 is 0 Å². The van der Waals surface area contributed by atoms with Crippen LogP contribution in [0.15, 0.2) is 91.0 Å². The van der Waals surface area contributed by atoms with Crippen LogP contribution in [0.1, 0.15) is 42.4 Å². The average Bonchev–Trinajstić information content (AvgIpc) is 2.78. The van der Waals surface area contributed by atoms with Gasteiger partial charge < -0.3 is 4.74 Å². The van der Waals surface area contributed by atoms with Gasteiger partial charge in [0.05, 0.1) is 6.61 Å². The van der Waals surface area contributed by atoms with Crippen LogP contribution in [0.5, 0.6) is 5.75 Å². The van der Waals surface area contributed by atoms with Crippen molar-refractivity contribution in [1.29, 1.82) is 0 Å². The van der Waals surface area contributed by atoms with Gasteiger partial charge >= 0.3 is 0 Å². The Balaban J connectivity index is 1.81. The molecule has 1 unspecified atom stereocenters. The molecule has 0 aromatic heterocycles. The van der Waals surface area contributed by atoms with Crippen molar-refractivity contribution in [2.45, 2.75) is 24.2 Å². The van der Waals surface area contributed by atoms with E-state index in [4.69, 9.17) is 4.74 Å². The van der Waals surface area contributed by atoms with Crippen molar-refractivity contribution in [1.82, 2.24) is 0 Å². The standard InChI is InChI=1S/C27H22O/c1-3-9-21(10-4-1)27(22-11-5-2-6-12-22)18-20-16-17-28-24-15-14-19-8-7-13-23(27)25(19)26(20)24/h1-15,20H,16-18H2/i20D. The smallest absolute Gasteiger partial charge is 0.123 e. The number of ether oxygens (including phenoxy) is 1. The third kappa shape index (κ3) is 2.08. The van der Waals surface area contributed by atoms with Gasteiger partial charge in [0.1, 0.15) is 5.75 Å². The quantitative estimate of drug-likeness (QED) is 0.398. The lowest BCUT2D eigenvalue weighted by atomic mass is 9.58. The zero-order chi connectivity index (χ0) is 19.5. The zero-order valence-corrected chi connectivity index (χ0v) is 15.7. The van der Waals surface area contributed by atoms with Crippen LogP contribution in [0.2, 0.25) is 0 Å². The zero-order valence-electron chi connectivity index (χ0n) is 16.7. The molecular formula is C27H22O. The Bertz CT molecular complexity index is 1180. The maximum absolute atomic E-state index is 9.65. The molecule has 1 nitrogen and oxygen atoms in total. The number of hydrogen-bond acceptors (Lipinski definition) is 1. The van der Waals surface area contributed by atoms with Crippen LogP contribution in [0, 0.1) is 0 Å². The Hall–Kier alpha value is -3.06. The van der Waals surface area contributed by atoms with Crippen molar-refractivity contribution in [3.63, 3.8) is 0 Å². The minimum atomic E-state index is -0.673. The lowest BCUT2D eigenvalue weighted by Crippen LogP contribution is -2.36. The molecule has 28 heavy (non-hydrogen) atoms. The molecule has 2 aliphatic rings. The van der Waals surface area contributed by atoms with E-state index in [0.717, 1.165) is 24.2 Å². The molecule has 0 N–H and O–H groups in total. The van der Waals surface area contributed by atoms with Gasteiger partial charge in [-0.25, -0.2) is 0 Å². The maximum Gasteiger partial charge on any atom is 0.123 e. The first-order chi connectivity index (χ1) is 14.2. The topological polar surface area (TPSA) is 9.23 Å².